The topological polar surface area (TPSA) is 58.4 Å². The fraction of sp³-hybridized carbons (Fsp3) is 0.263. The number of hydrogen-bond acceptors (Lipinski definition) is 4. The van der Waals surface area contributed by atoms with E-state index in [0.717, 1.165) is 12.1 Å². The minimum atomic E-state index is -0.360. The van der Waals surface area contributed by atoms with Gasteiger partial charge in [-0.1, -0.05) is 0 Å². The molecule has 1 aliphatic heterocycles. The van der Waals surface area contributed by atoms with Crippen LogP contribution in [0, 0.1) is 5.82 Å². The zero-order chi connectivity index (χ0) is 17.4. The summed E-state index contributed by atoms with van der Waals surface area (Å²) in [5.74, 6) is 0.0799. The number of amides is 1. The van der Waals surface area contributed by atoms with Crippen LogP contribution in [0.5, 0.6) is 0 Å². The van der Waals surface area contributed by atoms with Crippen molar-refractivity contribution < 1.29 is 13.6 Å². The molecule has 2 heterocycles. The maximum absolute atomic E-state index is 13.3. The summed E-state index contributed by atoms with van der Waals surface area (Å²) in [6.45, 7) is 4.29. The van der Waals surface area contributed by atoms with Crippen LogP contribution in [-0.4, -0.2) is 41.5 Å². The van der Waals surface area contributed by atoms with Crippen LogP contribution in [0.25, 0.3) is 22.6 Å². The van der Waals surface area contributed by atoms with Gasteiger partial charge in [0.25, 0.3) is 5.91 Å². The summed E-state index contributed by atoms with van der Waals surface area (Å²) in [4.78, 5) is 18.8. The number of nitrogens with zero attached hydrogens (tertiary/aromatic N) is 2. The lowest BCUT2D eigenvalue weighted by Gasteiger charge is -2.32. The lowest BCUT2D eigenvalue weighted by Crippen LogP contribution is -2.51. The minimum absolute atomic E-state index is 0. The standard InChI is InChI=1S/C19H18FN3O2.ClH/c1-12-11-23(9-8-21-12)19(24)14-4-2-13(3-5-14)18-22-16-7-6-15(20)10-17(16)25-18;/h2-7,10,12,21H,8-9,11H2,1H3;1H. The van der Waals surface area contributed by atoms with E-state index < -0.39 is 0 Å². The van der Waals surface area contributed by atoms with Gasteiger partial charge in [0.15, 0.2) is 5.58 Å². The van der Waals surface area contributed by atoms with Crippen LogP contribution in [0.1, 0.15) is 17.3 Å². The first-order valence-electron chi connectivity index (χ1n) is 8.29. The summed E-state index contributed by atoms with van der Waals surface area (Å²) < 4.78 is 18.9. The Kier molecular flexibility index (Phi) is 5.25. The van der Waals surface area contributed by atoms with Crippen molar-refractivity contribution in [3.05, 3.63) is 53.8 Å². The molecular formula is C19H19ClFN3O2. The normalized spacial score (nSPS) is 17.2. The second kappa shape index (κ2) is 7.43. The Hall–Kier alpha value is -2.44. The van der Waals surface area contributed by atoms with E-state index in [1.54, 1.807) is 30.3 Å². The van der Waals surface area contributed by atoms with Crippen molar-refractivity contribution in [3.8, 4) is 11.5 Å². The number of carbonyl (C=O) groups excluding carboxylic acids is 1. The maximum atomic E-state index is 13.3. The van der Waals surface area contributed by atoms with Gasteiger partial charge in [0.1, 0.15) is 11.3 Å². The van der Waals surface area contributed by atoms with Crippen LogP contribution in [0.15, 0.2) is 46.9 Å². The number of halogens is 2. The number of benzene rings is 2. The number of hydrogen-bond donors (Lipinski definition) is 1. The van der Waals surface area contributed by atoms with E-state index in [1.807, 2.05) is 4.90 Å². The van der Waals surface area contributed by atoms with Crippen molar-refractivity contribution in [2.75, 3.05) is 19.6 Å². The highest BCUT2D eigenvalue weighted by Gasteiger charge is 2.21. The fourth-order valence-electron chi connectivity index (χ4n) is 3.08. The number of piperazine rings is 1. The lowest BCUT2D eigenvalue weighted by molar-refractivity contribution is 0.0709. The maximum Gasteiger partial charge on any atom is 0.253 e. The Morgan fingerprint density at radius 1 is 1.27 bits per heavy atom. The molecule has 0 aliphatic carbocycles. The van der Waals surface area contributed by atoms with Gasteiger partial charge in [-0.15, -0.1) is 12.4 Å². The average Bonchev–Trinajstić information content (AvgIpc) is 3.04. The Balaban J connectivity index is 0.00000196. The van der Waals surface area contributed by atoms with E-state index in [9.17, 15) is 9.18 Å². The van der Waals surface area contributed by atoms with E-state index >= 15 is 0 Å². The molecule has 0 spiro atoms. The average molecular weight is 376 g/mol. The number of rotatable bonds is 2. The zero-order valence-corrected chi connectivity index (χ0v) is 15.1. The molecule has 1 amide bonds. The first-order valence-corrected chi connectivity index (χ1v) is 8.29. The van der Waals surface area contributed by atoms with Crippen LogP contribution < -0.4 is 5.32 Å². The van der Waals surface area contributed by atoms with Crippen LogP contribution in [0.4, 0.5) is 4.39 Å². The van der Waals surface area contributed by atoms with E-state index in [1.165, 1.54) is 12.1 Å². The fourth-order valence-corrected chi connectivity index (χ4v) is 3.08. The van der Waals surface area contributed by atoms with Crippen molar-refractivity contribution in [2.45, 2.75) is 13.0 Å². The van der Waals surface area contributed by atoms with Gasteiger partial charge in [-0.25, -0.2) is 9.37 Å². The van der Waals surface area contributed by atoms with Crippen molar-refractivity contribution in [3.63, 3.8) is 0 Å². The molecule has 7 heteroatoms. The Bertz CT molecular complexity index is 926. The molecule has 0 saturated carbocycles. The summed E-state index contributed by atoms with van der Waals surface area (Å²) in [7, 11) is 0. The Labute approximate surface area is 156 Å². The molecule has 1 atom stereocenters. The molecule has 1 fully saturated rings. The highest BCUT2D eigenvalue weighted by atomic mass is 35.5. The Morgan fingerprint density at radius 2 is 2.04 bits per heavy atom. The molecule has 1 saturated heterocycles. The summed E-state index contributed by atoms with van der Waals surface area (Å²) in [6, 6.07) is 11.7. The largest absolute Gasteiger partial charge is 0.436 e. The summed E-state index contributed by atoms with van der Waals surface area (Å²) in [5, 5.41) is 3.32. The van der Waals surface area contributed by atoms with Gasteiger partial charge >= 0.3 is 0 Å². The molecule has 26 heavy (non-hydrogen) atoms. The van der Waals surface area contributed by atoms with Gasteiger partial charge in [-0.2, -0.15) is 0 Å². The van der Waals surface area contributed by atoms with Gasteiger partial charge in [-0.05, 0) is 43.3 Å². The van der Waals surface area contributed by atoms with E-state index in [-0.39, 0.29) is 24.1 Å². The first kappa shape index (κ1) is 18.4. The number of nitrogens with one attached hydrogen (secondary N) is 1. The van der Waals surface area contributed by atoms with Crippen LogP contribution in [0.3, 0.4) is 0 Å². The molecule has 5 nitrogen and oxygen atoms in total. The van der Waals surface area contributed by atoms with Crippen LogP contribution >= 0.6 is 12.4 Å². The summed E-state index contributed by atoms with van der Waals surface area (Å²) in [5.41, 5.74) is 2.40. The molecule has 2 aromatic carbocycles. The van der Waals surface area contributed by atoms with Gasteiger partial charge in [0.2, 0.25) is 5.89 Å². The highest BCUT2D eigenvalue weighted by Crippen LogP contribution is 2.25. The SMILES string of the molecule is CC1CN(C(=O)c2ccc(-c3nc4ccc(F)cc4o3)cc2)CCN1.Cl. The summed E-state index contributed by atoms with van der Waals surface area (Å²) in [6.07, 6.45) is 0. The second-order valence-electron chi connectivity index (χ2n) is 6.31. The molecule has 1 N–H and O–H groups in total. The minimum Gasteiger partial charge on any atom is -0.436 e. The number of fused-ring (bicyclic) bond motifs is 1. The first-order chi connectivity index (χ1) is 12.1. The van der Waals surface area contributed by atoms with Gasteiger partial charge in [0.05, 0.1) is 0 Å². The van der Waals surface area contributed by atoms with E-state index in [2.05, 4.69) is 17.2 Å². The van der Waals surface area contributed by atoms with E-state index in [4.69, 9.17) is 4.42 Å². The lowest BCUT2D eigenvalue weighted by atomic mass is 10.1. The number of carbonyl (C=O) groups is 1. The van der Waals surface area contributed by atoms with Gasteiger partial charge < -0.3 is 14.6 Å². The predicted octanol–water partition coefficient (Wildman–Crippen LogP) is 3.49. The van der Waals surface area contributed by atoms with Gasteiger partial charge in [-0.3, -0.25) is 4.79 Å². The molecule has 0 radical (unpaired) electrons. The molecule has 1 aromatic heterocycles. The molecule has 136 valence electrons. The quantitative estimate of drug-likeness (QED) is 0.745. The molecular weight excluding hydrogens is 357 g/mol. The molecule has 0 bridgehead atoms. The third kappa shape index (κ3) is 3.57. The van der Waals surface area contributed by atoms with Gasteiger partial charge in [0, 0.05) is 42.9 Å². The number of oxazole rings is 1. The van der Waals surface area contributed by atoms with Crippen molar-refractivity contribution in [1.82, 2.24) is 15.2 Å². The zero-order valence-electron chi connectivity index (χ0n) is 14.2. The van der Waals surface area contributed by atoms with Crippen LogP contribution in [-0.2, 0) is 0 Å². The monoisotopic (exact) mass is 375 g/mol. The molecule has 3 aromatic rings. The predicted molar refractivity (Wildman–Crippen MR) is 100 cm³/mol. The number of aromatic nitrogens is 1. The summed E-state index contributed by atoms with van der Waals surface area (Å²) >= 11 is 0. The van der Waals surface area contributed by atoms with E-state index in [0.29, 0.717) is 41.7 Å². The van der Waals surface area contributed by atoms with Crippen molar-refractivity contribution in [1.29, 1.82) is 0 Å². The molecule has 1 aliphatic rings. The van der Waals surface area contributed by atoms with Crippen LogP contribution in [0.2, 0.25) is 0 Å². The Morgan fingerprint density at radius 3 is 2.77 bits per heavy atom. The highest BCUT2D eigenvalue weighted by molar-refractivity contribution is 5.94. The van der Waals surface area contributed by atoms with Crippen molar-refractivity contribution in [2.24, 2.45) is 0 Å². The second-order valence-corrected chi connectivity index (χ2v) is 6.31. The molecule has 4 rings (SSSR count). The van der Waals surface area contributed by atoms with Crippen molar-refractivity contribution >= 4 is 29.4 Å². The smallest absolute Gasteiger partial charge is 0.253 e. The third-order valence-electron chi connectivity index (χ3n) is 4.39. The molecule has 1 unspecified atom stereocenters. The third-order valence-corrected chi connectivity index (χ3v) is 4.39.